The van der Waals surface area contributed by atoms with Crippen LogP contribution in [0.4, 0.5) is 0 Å². The Hall–Kier alpha value is -7.43. The number of benzene rings is 8. The Morgan fingerprint density at radius 2 is 0.821 bits per heavy atom. The third-order valence-electron chi connectivity index (χ3n) is 10.4. The van der Waals surface area contributed by atoms with Crippen molar-refractivity contribution in [3.05, 3.63) is 200 Å². The van der Waals surface area contributed by atoms with E-state index < -0.39 is 0 Å². The van der Waals surface area contributed by atoms with Gasteiger partial charge in [0.2, 0.25) is 0 Å². The summed E-state index contributed by atoms with van der Waals surface area (Å²) in [4.78, 5) is 15.4. The monoisotopic (exact) mass is 717 g/mol. The van der Waals surface area contributed by atoms with Crippen LogP contribution < -0.4 is 0 Å². The maximum absolute atomic E-state index is 6.57. The zero-order valence-electron chi connectivity index (χ0n) is 30.7. The summed E-state index contributed by atoms with van der Waals surface area (Å²) in [6.07, 6.45) is 0. The van der Waals surface area contributed by atoms with Gasteiger partial charge in [0.05, 0.1) is 0 Å². The quantitative estimate of drug-likeness (QED) is 0.165. The predicted molar refractivity (Wildman–Crippen MR) is 230 cm³/mol. The Kier molecular flexibility index (Phi) is 8.34. The number of fused-ring (bicyclic) bond motifs is 3. The smallest absolute Gasteiger partial charge is 0.164 e. The van der Waals surface area contributed by atoms with Crippen LogP contribution >= 0.6 is 0 Å². The molecule has 0 radical (unpaired) electrons. The van der Waals surface area contributed by atoms with Gasteiger partial charge in [0, 0.05) is 27.5 Å². The lowest BCUT2D eigenvalue weighted by Crippen LogP contribution is -2.01. The van der Waals surface area contributed by atoms with E-state index in [0.717, 1.165) is 66.4 Å². The van der Waals surface area contributed by atoms with Gasteiger partial charge in [-0.05, 0) is 69.6 Å². The molecule has 56 heavy (non-hydrogen) atoms. The van der Waals surface area contributed by atoms with Gasteiger partial charge in [-0.15, -0.1) is 0 Å². The first-order valence-electron chi connectivity index (χ1n) is 18.8. The molecule has 4 nitrogen and oxygen atoms in total. The zero-order chi connectivity index (χ0) is 37.4. The van der Waals surface area contributed by atoms with Crippen molar-refractivity contribution in [1.82, 2.24) is 15.0 Å². The minimum absolute atomic E-state index is 0.578. The highest BCUT2D eigenvalue weighted by molar-refractivity contribution is 6.13. The van der Waals surface area contributed by atoms with Crippen molar-refractivity contribution in [2.24, 2.45) is 0 Å². The molecule has 0 fully saturated rings. The molecule has 0 amide bonds. The van der Waals surface area contributed by atoms with Crippen molar-refractivity contribution >= 4 is 21.9 Å². The highest BCUT2D eigenvalue weighted by Gasteiger charge is 2.18. The van der Waals surface area contributed by atoms with E-state index in [1.54, 1.807) is 0 Å². The van der Waals surface area contributed by atoms with Gasteiger partial charge in [0.15, 0.2) is 17.5 Å². The van der Waals surface area contributed by atoms with Crippen LogP contribution in [0.2, 0.25) is 0 Å². The molecule has 264 valence electrons. The van der Waals surface area contributed by atoms with Gasteiger partial charge < -0.3 is 4.42 Å². The van der Waals surface area contributed by atoms with Crippen molar-refractivity contribution in [1.29, 1.82) is 0 Å². The number of rotatable bonds is 7. The van der Waals surface area contributed by atoms with Crippen LogP contribution in [0.5, 0.6) is 0 Å². The van der Waals surface area contributed by atoms with Crippen LogP contribution in [0.15, 0.2) is 199 Å². The molecular weight excluding hydrogens is 683 g/mol. The van der Waals surface area contributed by atoms with Crippen molar-refractivity contribution in [2.75, 3.05) is 0 Å². The third-order valence-corrected chi connectivity index (χ3v) is 10.4. The number of hydrogen-bond acceptors (Lipinski definition) is 4. The molecule has 0 aliphatic carbocycles. The number of furan rings is 1. The average Bonchev–Trinajstić information content (AvgIpc) is 3.65. The van der Waals surface area contributed by atoms with Crippen molar-refractivity contribution < 1.29 is 4.42 Å². The Balaban J connectivity index is 1.09. The summed E-state index contributed by atoms with van der Waals surface area (Å²) in [6.45, 7) is 2.12. The second kappa shape index (κ2) is 14.1. The van der Waals surface area contributed by atoms with Crippen LogP contribution in [0.3, 0.4) is 0 Å². The van der Waals surface area contributed by atoms with E-state index in [0.29, 0.717) is 17.5 Å². The van der Waals surface area contributed by atoms with Gasteiger partial charge in [-0.25, -0.2) is 15.0 Å². The SMILES string of the molecule is Cc1cccc(-c2ccc(-c3nc(-c4ccc5c(c4)oc4cccc(-c6ccc(-c7ccccc7)cc6)c45)nc(-c4ccccc4-c4ccccc4)n3)cc2)c1. The molecular formula is C52H35N3O. The average molecular weight is 718 g/mol. The number of aryl methyl sites for hydroxylation is 1. The van der Waals surface area contributed by atoms with Crippen molar-refractivity contribution in [3.63, 3.8) is 0 Å². The molecule has 10 rings (SSSR count). The standard InChI is InChI=1S/C52H35N3O/c1-34-12-10-17-41(32-34)37-24-28-40(29-25-37)50-53-51(55-52(54-50)45-19-9-8-18-43(45)38-15-6-3-7-16-38)42-30-31-46-48(33-42)56-47-21-11-20-44(49(46)47)39-26-22-36(23-27-39)35-13-4-2-5-14-35/h2-33H,1H3. The summed E-state index contributed by atoms with van der Waals surface area (Å²) in [5.74, 6) is 1.79. The summed E-state index contributed by atoms with van der Waals surface area (Å²) >= 11 is 0. The Morgan fingerprint density at radius 3 is 1.55 bits per heavy atom. The molecule has 0 N–H and O–H groups in total. The van der Waals surface area contributed by atoms with E-state index in [2.05, 4.69) is 177 Å². The second-order valence-electron chi connectivity index (χ2n) is 14.1. The fraction of sp³-hybridized carbons (Fsp3) is 0.0192. The molecule has 10 aromatic rings. The van der Waals surface area contributed by atoms with Gasteiger partial charge in [0.25, 0.3) is 0 Å². The zero-order valence-corrected chi connectivity index (χ0v) is 30.7. The summed E-state index contributed by atoms with van der Waals surface area (Å²) in [5.41, 5.74) is 14.7. The fourth-order valence-corrected chi connectivity index (χ4v) is 7.62. The Morgan fingerprint density at radius 1 is 0.321 bits per heavy atom. The minimum atomic E-state index is 0.578. The van der Waals surface area contributed by atoms with E-state index in [4.69, 9.17) is 19.4 Å². The van der Waals surface area contributed by atoms with E-state index in [1.807, 2.05) is 24.3 Å². The number of aromatic nitrogens is 3. The molecule has 0 unspecified atom stereocenters. The molecule has 0 spiro atoms. The van der Waals surface area contributed by atoms with Gasteiger partial charge in [-0.1, -0.05) is 181 Å². The van der Waals surface area contributed by atoms with Crippen LogP contribution in [-0.4, -0.2) is 15.0 Å². The summed E-state index contributed by atoms with van der Waals surface area (Å²) < 4.78 is 6.57. The topological polar surface area (TPSA) is 51.8 Å². The first-order chi connectivity index (χ1) is 27.6. The molecule has 2 aromatic heterocycles. The fourth-order valence-electron chi connectivity index (χ4n) is 7.62. The maximum atomic E-state index is 6.57. The highest BCUT2D eigenvalue weighted by Crippen LogP contribution is 2.39. The van der Waals surface area contributed by atoms with Crippen molar-refractivity contribution in [3.8, 4) is 78.7 Å². The maximum Gasteiger partial charge on any atom is 0.164 e. The molecule has 0 saturated carbocycles. The lowest BCUT2D eigenvalue weighted by Gasteiger charge is -2.12. The van der Waals surface area contributed by atoms with Crippen LogP contribution in [-0.2, 0) is 0 Å². The largest absolute Gasteiger partial charge is 0.456 e. The lowest BCUT2D eigenvalue weighted by molar-refractivity contribution is 0.669. The minimum Gasteiger partial charge on any atom is -0.456 e. The van der Waals surface area contributed by atoms with E-state index in [1.165, 1.54) is 22.3 Å². The molecule has 0 aliphatic rings. The van der Waals surface area contributed by atoms with Gasteiger partial charge >= 0.3 is 0 Å². The van der Waals surface area contributed by atoms with Crippen molar-refractivity contribution in [2.45, 2.75) is 6.92 Å². The predicted octanol–water partition coefficient (Wildman–Crippen LogP) is 13.7. The van der Waals surface area contributed by atoms with Gasteiger partial charge in [-0.2, -0.15) is 0 Å². The molecule has 0 atom stereocenters. The third kappa shape index (κ3) is 6.23. The second-order valence-corrected chi connectivity index (χ2v) is 14.1. The highest BCUT2D eigenvalue weighted by atomic mass is 16.3. The summed E-state index contributed by atoms with van der Waals surface area (Å²) in [6, 6.07) is 67.5. The normalized spacial score (nSPS) is 11.3. The summed E-state index contributed by atoms with van der Waals surface area (Å²) in [7, 11) is 0. The molecule has 8 aromatic carbocycles. The molecule has 2 heterocycles. The van der Waals surface area contributed by atoms with Crippen LogP contribution in [0.1, 0.15) is 5.56 Å². The van der Waals surface area contributed by atoms with Crippen LogP contribution in [0.25, 0.3) is 101 Å². The Bertz CT molecular complexity index is 3000. The Labute approximate surface area is 325 Å². The number of hydrogen-bond donors (Lipinski definition) is 0. The van der Waals surface area contributed by atoms with Gasteiger partial charge in [-0.3, -0.25) is 0 Å². The van der Waals surface area contributed by atoms with E-state index >= 15 is 0 Å². The first kappa shape index (κ1) is 33.2. The molecule has 0 saturated heterocycles. The van der Waals surface area contributed by atoms with E-state index in [-0.39, 0.29) is 0 Å². The first-order valence-corrected chi connectivity index (χ1v) is 18.8. The molecule has 0 aliphatic heterocycles. The number of nitrogens with zero attached hydrogens (tertiary/aromatic N) is 3. The van der Waals surface area contributed by atoms with Crippen LogP contribution in [0, 0.1) is 6.92 Å². The van der Waals surface area contributed by atoms with Gasteiger partial charge in [0.1, 0.15) is 11.2 Å². The lowest BCUT2D eigenvalue weighted by atomic mass is 9.96. The molecule has 4 heteroatoms. The van der Waals surface area contributed by atoms with E-state index in [9.17, 15) is 0 Å². The molecule has 0 bridgehead atoms. The summed E-state index contributed by atoms with van der Waals surface area (Å²) in [5, 5.41) is 2.13.